The van der Waals surface area contributed by atoms with Crippen molar-refractivity contribution in [2.24, 2.45) is 5.92 Å². The minimum absolute atomic E-state index is 0.0314. The Hall–Kier alpha value is -6.25. The molecule has 52 heavy (non-hydrogen) atoms. The van der Waals surface area contributed by atoms with Crippen LogP contribution in [-0.2, 0) is 15.0 Å². The molecule has 0 amide bonds. The number of rotatable bonds is 10. The third-order valence-electron chi connectivity index (χ3n) is 9.87. The first kappa shape index (κ1) is 34.2. The molecule has 6 aromatic rings. The van der Waals surface area contributed by atoms with Crippen LogP contribution >= 0.6 is 0 Å². The molecule has 10 nitrogen and oxygen atoms in total. The Morgan fingerprint density at radius 3 is 2.12 bits per heavy atom. The molecule has 4 atom stereocenters. The van der Waals surface area contributed by atoms with Crippen LogP contribution in [0.15, 0.2) is 126 Å². The Morgan fingerprint density at radius 2 is 1.56 bits per heavy atom. The molecule has 2 N–H and O–H groups in total. The van der Waals surface area contributed by atoms with Crippen molar-refractivity contribution in [3.63, 3.8) is 0 Å². The van der Waals surface area contributed by atoms with E-state index in [4.69, 9.17) is 25.6 Å². The summed E-state index contributed by atoms with van der Waals surface area (Å²) in [6.07, 6.45) is 5.90. The summed E-state index contributed by atoms with van der Waals surface area (Å²) >= 11 is 0. The van der Waals surface area contributed by atoms with Crippen LogP contribution < -0.4 is 15.6 Å². The van der Waals surface area contributed by atoms with Gasteiger partial charge in [0, 0.05) is 6.42 Å². The fourth-order valence-electron chi connectivity index (χ4n) is 6.98. The number of hydrogen-bond acceptors (Lipinski definition) is 8. The summed E-state index contributed by atoms with van der Waals surface area (Å²) in [6, 6.07) is 35.3. The zero-order valence-corrected chi connectivity index (χ0v) is 28.7. The number of fused-ring (bicyclic) bond motifs is 1. The molecule has 4 aromatic carbocycles. The van der Waals surface area contributed by atoms with Crippen LogP contribution in [0.2, 0.25) is 0 Å². The quantitative estimate of drug-likeness (QED) is 0.0892. The number of nitrogens with one attached hydrogen (secondary N) is 2. The van der Waals surface area contributed by atoms with E-state index in [1.54, 1.807) is 44.4 Å². The number of ether oxygens (including phenoxy) is 3. The number of aromatic nitrogens is 4. The van der Waals surface area contributed by atoms with Gasteiger partial charge in [0.1, 0.15) is 11.3 Å². The minimum Gasteiger partial charge on any atom is -0.497 e. The topological polar surface area (TPSA) is 120 Å². The van der Waals surface area contributed by atoms with Gasteiger partial charge in [0.05, 0.1) is 24.9 Å². The van der Waals surface area contributed by atoms with Gasteiger partial charge in [0.2, 0.25) is 17.4 Å². The van der Waals surface area contributed by atoms with Crippen LogP contribution in [0.4, 0.5) is 10.3 Å². The Labute approximate surface area is 299 Å². The number of benzene rings is 4. The molecule has 7 rings (SSSR count). The number of halogens is 1. The number of terminal acetylenes is 1. The molecule has 2 aromatic heterocycles. The Kier molecular flexibility index (Phi) is 8.86. The number of alkyl halides is 1. The molecule has 1 saturated heterocycles. The van der Waals surface area contributed by atoms with Gasteiger partial charge in [-0.2, -0.15) is 4.98 Å². The highest BCUT2D eigenvalue weighted by atomic mass is 19.2. The molecule has 0 unspecified atom stereocenters. The maximum absolute atomic E-state index is 16.6. The molecular formula is C41H36FN5O5. The Balaban J connectivity index is 1.40. The second-order valence-corrected chi connectivity index (χ2v) is 12.6. The second kappa shape index (κ2) is 13.5. The van der Waals surface area contributed by atoms with E-state index in [-0.39, 0.29) is 29.1 Å². The summed E-state index contributed by atoms with van der Waals surface area (Å²) in [5, 5.41) is 3.55. The SMILES string of the molecule is C#C[C@]1(OC(=O)c2ccccc2)[C@H](n2cnc3c(=O)[nH]c(NC(c4ccccc4)(c4ccccc4)c4ccc(OC)cc4)nc32)O[C@](F)(CC)[C@H]1C. The monoisotopic (exact) mass is 697 g/mol. The van der Waals surface area contributed by atoms with Crippen molar-refractivity contribution in [1.82, 2.24) is 19.5 Å². The van der Waals surface area contributed by atoms with Crippen molar-refractivity contribution in [3.05, 3.63) is 154 Å². The van der Waals surface area contributed by atoms with Gasteiger partial charge in [-0.25, -0.2) is 14.2 Å². The van der Waals surface area contributed by atoms with Crippen LogP contribution in [0.3, 0.4) is 0 Å². The molecule has 0 aliphatic carbocycles. The third-order valence-corrected chi connectivity index (χ3v) is 9.87. The number of hydrogen-bond donors (Lipinski definition) is 2. The van der Waals surface area contributed by atoms with Gasteiger partial charge in [-0.15, -0.1) is 6.42 Å². The largest absolute Gasteiger partial charge is 0.497 e. The molecule has 0 saturated carbocycles. The zero-order valence-electron chi connectivity index (χ0n) is 28.7. The first-order chi connectivity index (χ1) is 25.2. The molecule has 0 spiro atoms. The third kappa shape index (κ3) is 5.58. The number of carbonyl (C=O) groups excluding carboxylic acids is 1. The molecule has 3 heterocycles. The molecule has 1 aliphatic rings. The fraction of sp³-hybridized carbons (Fsp3) is 0.220. The first-order valence-electron chi connectivity index (χ1n) is 16.8. The average Bonchev–Trinajstić information content (AvgIpc) is 3.71. The molecule has 1 aliphatic heterocycles. The summed E-state index contributed by atoms with van der Waals surface area (Å²) in [4.78, 5) is 39.3. The number of imidazole rings is 1. The molecule has 1 fully saturated rings. The van der Waals surface area contributed by atoms with Crippen LogP contribution in [-0.4, -0.2) is 44.1 Å². The van der Waals surface area contributed by atoms with E-state index in [9.17, 15) is 9.59 Å². The lowest BCUT2D eigenvalue weighted by molar-refractivity contribution is -0.173. The summed E-state index contributed by atoms with van der Waals surface area (Å²) in [5.74, 6) is -0.867. The smallest absolute Gasteiger partial charge is 0.339 e. The van der Waals surface area contributed by atoms with E-state index >= 15 is 4.39 Å². The van der Waals surface area contributed by atoms with Crippen molar-refractivity contribution in [3.8, 4) is 18.1 Å². The summed E-state index contributed by atoms with van der Waals surface area (Å²) in [6.45, 7) is 3.15. The predicted octanol–water partition coefficient (Wildman–Crippen LogP) is 7.00. The fourth-order valence-corrected chi connectivity index (χ4v) is 6.98. The van der Waals surface area contributed by atoms with Crippen molar-refractivity contribution in [2.75, 3.05) is 12.4 Å². The van der Waals surface area contributed by atoms with E-state index in [1.165, 1.54) is 17.8 Å². The highest BCUT2D eigenvalue weighted by Crippen LogP contribution is 2.53. The average molecular weight is 698 g/mol. The van der Waals surface area contributed by atoms with Gasteiger partial charge in [0.25, 0.3) is 5.56 Å². The highest BCUT2D eigenvalue weighted by molar-refractivity contribution is 5.90. The number of nitrogens with zero attached hydrogens (tertiary/aromatic N) is 3. The maximum Gasteiger partial charge on any atom is 0.339 e. The van der Waals surface area contributed by atoms with Gasteiger partial charge in [0.15, 0.2) is 17.4 Å². The summed E-state index contributed by atoms with van der Waals surface area (Å²) in [7, 11) is 1.60. The van der Waals surface area contributed by atoms with Crippen molar-refractivity contribution < 1.29 is 23.4 Å². The summed E-state index contributed by atoms with van der Waals surface area (Å²) in [5.41, 5.74) is -0.899. The Morgan fingerprint density at radius 1 is 0.981 bits per heavy atom. The van der Waals surface area contributed by atoms with Gasteiger partial charge < -0.3 is 19.5 Å². The Bertz CT molecular complexity index is 2270. The van der Waals surface area contributed by atoms with Crippen LogP contribution in [0.5, 0.6) is 5.75 Å². The van der Waals surface area contributed by atoms with Crippen LogP contribution in [0, 0.1) is 18.3 Å². The molecular weight excluding hydrogens is 661 g/mol. The van der Waals surface area contributed by atoms with Crippen molar-refractivity contribution in [1.29, 1.82) is 0 Å². The summed E-state index contributed by atoms with van der Waals surface area (Å²) < 4.78 is 35.5. The maximum atomic E-state index is 16.6. The molecule has 0 radical (unpaired) electrons. The van der Waals surface area contributed by atoms with Crippen molar-refractivity contribution >= 4 is 23.1 Å². The van der Waals surface area contributed by atoms with E-state index in [2.05, 4.69) is 21.2 Å². The number of aromatic amines is 1. The lowest BCUT2D eigenvalue weighted by Gasteiger charge is -2.37. The molecule has 11 heteroatoms. The van der Waals surface area contributed by atoms with E-state index in [0.29, 0.717) is 5.75 Å². The van der Waals surface area contributed by atoms with Crippen LogP contribution in [0.25, 0.3) is 11.2 Å². The first-order valence-corrected chi connectivity index (χ1v) is 16.8. The number of methoxy groups -OCH3 is 1. The number of carbonyl (C=O) groups is 1. The predicted molar refractivity (Wildman–Crippen MR) is 194 cm³/mol. The lowest BCUT2D eigenvalue weighted by Crippen LogP contribution is -2.46. The van der Waals surface area contributed by atoms with Gasteiger partial charge in [-0.1, -0.05) is 111 Å². The van der Waals surface area contributed by atoms with E-state index in [0.717, 1.165) is 16.7 Å². The second-order valence-electron chi connectivity index (χ2n) is 12.6. The van der Waals surface area contributed by atoms with Crippen molar-refractivity contribution in [2.45, 2.75) is 43.5 Å². The highest BCUT2D eigenvalue weighted by Gasteiger charge is 2.65. The lowest BCUT2D eigenvalue weighted by atomic mass is 9.77. The normalized spacial score (nSPS) is 21.4. The van der Waals surface area contributed by atoms with E-state index < -0.39 is 40.7 Å². The number of esters is 1. The zero-order chi connectivity index (χ0) is 36.5. The van der Waals surface area contributed by atoms with Crippen LogP contribution in [0.1, 0.15) is 53.5 Å². The van der Waals surface area contributed by atoms with Gasteiger partial charge >= 0.3 is 5.97 Å². The number of H-pyrrole nitrogens is 1. The molecule has 262 valence electrons. The minimum atomic E-state index is -2.29. The standard InChI is InChI=1S/C41H36FN5O5/c1-5-39(51-36(49)28-16-10-7-11-17-28)27(3)40(42,6-2)52-37(39)47-26-43-33-34(47)44-38(45-35(33)48)46-41(29-18-12-8-13-19-29,30-20-14-9-15-21-30)31-22-24-32(50-4)25-23-31/h1,7-27,37H,6H2,2-4H3,(H2,44,45,46,48)/t27-,37+,39+,40+/m0/s1. The van der Waals surface area contributed by atoms with Gasteiger partial charge in [-0.05, 0) is 41.0 Å². The molecule has 0 bridgehead atoms. The van der Waals surface area contributed by atoms with E-state index in [1.807, 2.05) is 84.9 Å². The van der Waals surface area contributed by atoms with Gasteiger partial charge in [-0.3, -0.25) is 14.3 Å². The number of anilines is 1.